The van der Waals surface area contributed by atoms with Crippen molar-refractivity contribution in [3.63, 3.8) is 0 Å². The van der Waals surface area contributed by atoms with Gasteiger partial charge in [0, 0.05) is 13.1 Å². The van der Waals surface area contributed by atoms with E-state index < -0.39 is 21.5 Å². The van der Waals surface area contributed by atoms with E-state index in [0.717, 1.165) is 11.1 Å². The standard InChI is InChI=1S/C32H39NO6S/c1-31(2,3)22-29(34)38-26-14-18-28(19-15-26)40(36,37)27-16-12-24(13-17-27)20-21-33(30(35)39-32(4,5)6)23-25-10-8-7-9-11-25/h7-19H,20-23H2,1-6H3. The fourth-order valence-electron chi connectivity index (χ4n) is 3.89. The summed E-state index contributed by atoms with van der Waals surface area (Å²) in [5, 5.41) is 0. The van der Waals surface area contributed by atoms with Crippen LogP contribution in [0.1, 0.15) is 59.1 Å². The number of nitrogens with zero attached hydrogens (tertiary/aromatic N) is 1. The summed E-state index contributed by atoms with van der Waals surface area (Å²) in [4.78, 5) is 26.9. The van der Waals surface area contributed by atoms with Crippen molar-refractivity contribution in [1.82, 2.24) is 4.90 Å². The van der Waals surface area contributed by atoms with E-state index >= 15 is 0 Å². The average Bonchev–Trinajstić information content (AvgIpc) is 2.85. The molecule has 0 saturated heterocycles. The van der Waals surface area contributed by atoms with Gasteiger partial charge in [-0.2, -0.15) is 0 Å². The zero-order chi connectivity index (χ0) is 29.6. The summed E-state index contributed by atoms with van der Waals surface area (Å²) in [5.41, 5.74) is 1.06. The first-order valence-electron chi connectivity index (χ1n) is 13.3. The zero-order valence-electron chi connectivity index (χ0n) is 24.1. The molecule has 0 radical (unpaired) electrons. The molecule has 0 fully saturated rings. The van der Waals surface area contributed by atoms with Crippen LogP contribution in [0.2, 0.25) is 0 Å². The molecule has 0 aromatic heterocycles. The average molecular weight is 566 g/mol. The molecule has 0 N–H and O–H groups in total. The Morgan fingerprint density at radius 3 is 1.82 bits per heavy atom. The zero-order valence-corrected chi connectivity index (χ0v) is 25.0. The van der Waals surface area contributed by atoms with Crippen molar-refractivity contribution in [3.8, 4) is 5.75 Å². The van der Waals surface area contributed by atoms with Crippen molar-refractivity contribution in [2.45, 2.75) is 76.3 Å². The number of carbonyl (C=O) groups is 2. The summed E-state index contributed by atoms with van der Waals surface area (Å²) in [6, 6.07) is 22.2. The fourth-order valence-corrected chi connectivity index (χ4v) is 5.15. The van der Waals surface area contributed by atoms with Gasteiger partial charge in [0.2, 0.25) is 9.84 Å². The number of esters is 1. The van der Waals surface area contributed by atoms with Crippen LogP contribution in [0, 0.1) is 5.41 Å². The van der Waals surface area contributed by atoms with E-state index in [9.17, 15) is 18.0 Å². The highest BCUT2D eigenvalue weighted by molar-refractivity contribution is 7.91. The van der Waals surface area contributed by atoms with E-state index in [4.69, 9.17) is 9.47 Å². The monoisotopic (exact) mass is 565 g/mol. The molecule has 0 heterocycles. The molecule has 3 aromatic rings. The molecule has 0 saturated carbocycles. The van der Waals surface area contributed by atoms with Crippen molar-refractivity contribution < 1.29 is 27.5 Å². The van der Waals surface area contributed by atoms with Gasteiger partial charge in [-0.1, -0.05) is 63.2 Å². The number of sulfone groups is 1. The van der Waals surface area contributed by atoms with Gasteiger partial charge < -0.3 is 14.4 Å². The van der Waals surface area contributed by atoms with Gasteiger partial charge in [-0.15, -0.1) is 0 Å². The van der Waals surface area contributed by atoms with Gasteiger partial charge in [-0.25, -0.2) is 13.2 Å². The molecule has 0 spiro atoms. The Bertz CT molecular complexity index is 1390. The van der Waals surface area contributed by atoms with Crippen molar-refractivity contribution >= 4 is 21.9 Å². The molecule has 214 valence electrons. The first-order chi connectivity index (χ1) is 18.6. The van der Waals surface area contributed by atoms with Gasteiger partial charge >= 0.3 is 12.1 Å². The lowest BCUT2D eigenvalue weighted by Gasteiger charge is -2.27. The Balaban J connectivity index is 1.67. The Kier molecular flexibility index (Phi) is 9.79. The van der Waals surface area contributed by atoms with Crippen LogP contribution in [0.15, 0.2) is 88.7 Å². The second-order valence-electron chi connectivity index (χ2n) is 12.0. The Hall–Kier alpha value is -3.65. The molecule has 3 rings (SSSR count). The summed E-state index contributed by atoms with van der Waals surface area (Å²) in [7, 11) is -3.76. The number of ether oxygens (including phenoxy) is 2. The highest BCUT2D eigenvalue weighted by Crippen LogP contribution is 2.25. The number of rotatable bonds is 9. The summed E-state index contributed by atoms with van der Waals surface area (Å²) in [6.45, 7) is 12.1. The highest BCUT2D eigenvalue weighted by atomic mass is 32.2. The van der Waals surface area contributed by atoms with Crippen LogP contribution in [0.5, 0.6) is 5.75 Å². The second-order valence-corrected chi connectivity index (χ2v) is 13.9. The molecular weight excluding hydrogens is 526 g/mol. The molecule has 0 aliphatic heterocycles. The van der Waals surface area contributed by atoms with Crippen molar-refractivity contribution in [1.29, 1.82) is 0 Å². The van der Waals surface area contributed by atoms with E-state index in [1.54, 1.807) is 29.2 Å². The molecule has 0 aliphatic carbocycles. The minimum atomic E-state index is -3.76. The molecule has 0 atom stereocenters. The van der Waals surface area contributed by atoms with E-state index in [2.05, 4.69) is 0 Å². The molecule has 0 unspecified atom stereocenters. The minimum absolute atomic E-state index is 0.106. The van der Waals surface area contributed by atoms with Gasteiger partial charge in [0.05, 0.1) is 16.2 Å². The molecule has 0 bridgehead atoms. The summed E-state index contributed by atoms with van der Waals surface area (Å²) < 4.78 is 37.3. The van der Waals surface area contributed by atoms with Crippen LogP contribution in [0.4, 0.5) is 4.79 Å². The second kappa shape index (κ2) is 12.7. The SMILES string of the molecule is CC(C)(C)CC(=O)Oc1ccc(S(=O)(=O)c2ccc(CCN(Cc3ccccc3)C(=O)OC(C)(C)C)cc2)cc1. The van der Waals surface area contributed by atoms with E-state index in [-0.39, 0.29) is 27.6 Å². The Morgan fingerprint density at radius 2 is 1.30 bits per heavy atom. The van der Waals surface area contributed by atoms with Crippen LogP contribution in [-0.4, -0.2) is 37.5 Å². The normalized spacial score (nSPS) is 12.1. The largest absolute Gasteiger partial charge is 0.444 e. The van der Waals surface area contributed by atoms with Crippen molar-refractivity contribution in [2.75, 3.05) is 6.54 Å². The van der Waals surface area contributed by atoms with Crippen LogP contribution in [0.3, 0.4) is 0 Å². The predicted octanol–water partition coefficient (Wildman–Crippen LogP) is 6.84. The third-order valence-electron chi connectivity index (χ3n) is 5.81. The number of benzene rings is 3. The maximum Gasteiger partial charge on any atom is 0.410 e. The topological polar surface area (TPSA) is 90.0 Å². The van der Waals surface area contributed by atoms with E-state index in [0.29, 0.717) is 25.3 Å². The molecule has 40 heavy (non-hydrogen) atoms. The van der Waals surface area contributed by atoms with Gasteiger partial charge in [0.25, 0.3) is 0 Å². The fraction of sp³-hybridized carbons (Fsp3) is 0.375. The quantitative estimate of drug-likeness (QED) is 0.208. The lowest BCUT2D eigenvalue weighted by Crippen LogP contribution is -2.37. The minimum Gasteiger partial charge on any atom is -0.444 e. The number of hydrogen-bond acceptors (Lipinski definition) is 6. The molecule has 3 aromatic carbocycles. The maximum atomic E-state index is 13.2. The lowest BCUT2D eigenvalue weighted by atomic mass is 9.92. The smallest absolute Gasteiger partial charge is 0.410 e. The van der Waals surface area contributed by atoms with Crippen LogP contribution >= 0.6 is 0 Å². The Labute approximate surface area is 238 Å². The summed E-state index contributed by atoms with van der Waals surface area (Å²) in [6.07, 6.45) is 0.380. The summed E-state index contributed by atoms with van der Waals surface area (Å²) >= 11 is 0. The highest BCUT2D eigenvalue weighted by Gasteiger charge is 2.23. The van der Waals surface area contributed by atoms with E-state index in [1.807, 2.05) is 71.9 Å². The molecule has 0 aliphatic rings. The lowest BCUT2D eigenvalue weighted by molar-refractivity contribution is -0.136. The number of amides is 1. The predicted molar refractivity (Wildman–Crippen MR) is 155 cm³/mol. The molecule has 7 nitrogen and oxygen atoms in total. The van der Waals surface area contributed by atoms with Crippen molar-refractivity contribution in [3.05, 3.63) is 90.0 Å². The van der Waals surface area contributed by atoms with Crippen LogP contribution in [0.25, 0.3) is 0 Å². The third-order valence-corrected chi connectivity index (χ3v) is 7.60. The van der Waals surface area contributed by atoms with E-state index in [1.165, 1.54) is 24.3 Å². The molecule has 1 amide bonds. The Morgan fingerprint density at radius 1 is 0.750 bits per heavy atom. The number of carbonyl (C=O) groups excluding carboxylic acids is 2. The van der Waals surface area contributed by atoms with Crippen molar-refractivity contribution in [2.24, 2.45) is 5.41 Å². The van der Waals surface area contributed by atoms with Gasteiger partial charge in [-0.3, -0.25) is 4.79 Å². The van der Waals surface area contributed by atoms with Crippen LogP contribution < -0.4 is 4.74 Å². The van der Waals surface area contributed by atoms with Crippen LogP contribution in [-0.2, 0) is 32.3 Å². The van der Waals surface area contributed by atoms with Gasteiger partial charge in [0.1, 0.15) is 11.4 Å². The summed E-state index contributed by atoms with van der Waals surface area (Å²) in [5.74, 6) is -0.0682. The maximum absolute atomic E-state index is 13.2. The number of hydrogen-bond donors (Lipinski definition) is 0. The first-order valence-corrected chi connectivity index (χ1v) is 14.8. The molecule has 8 heteroatoms. The molecular formula is C32H39NO6S. The van der Waals surface area contributed by atoms with Gasteiger partial charge in [-0.05, 0) is 80.1 Å². The first kappa shape index (κ1) is 30.9. The van der Waals surface area contributed by atoms with Gasteiger partial charge in [0.15, 0.2) is 0 Å². The third kappa shape index (κ3) is 9.52.